The lowest BCUT2D eigenvalue weighted by atomic mass is 10.1. The standard InChI is InChI=1S/C23H28N4OS/c1-4-18(3)29-21-10-11-22(17(2)14-21)26-23(28)24-15-19-8-5-6-9-20(19)16-27-13-7-12-25-27/h5-14,18H,4,15-16H2,1-3H3,(H2,24,26,28). The SMILES string of the molecule is CCC(C)Sc1ccc(NC(=O)NCc2ccccc2Cn2cccn2)c(C)c1. The summed E-state index contributed by atoms with van der Waals surface area (Å²) in [6.07, 6.45) is 4.83. The second-order valence-corrected chi connectivity index (χ2v) is 8.61. The van der Waals surface area contributed by atoms with E-state index in [1.165, 1.54) is 4.90 Å². The molecule has 3 aromatic rings. The van der Waals surface area contributed by atoms with Gasteiger partial charge in [0.05, 0.1) is 6.54 Å². The van der Waals surface area contributed by atoms with Crippen LogP contribution >= 0.6 is 11.8 Å². The molecule has 0 saturated carbocycles. The molecule has 1 atom stereocenters. The number of urea groups is 1. The molecule has 0 saturated heterocycles. The molecule has 0 aliphatic heterocycles. The van der Waals surface area contributed by atoms with Crippen LogP contribution in [-0.4, -0.2) is 21.1 Å². The molecule has 2 amide bonds. The van der Waals surface area contributed by atoms with E-state index in [1.807, 2.05) is 59.9 Å². The van der Waals surface area contributed by atoms with Gasteiger partial charge < -0.3 is 10.6 Å². The van der Waals surface area contributed by atoms with E-state index in [-0.39, 0.29) is 6.03 Å². The highest BCUT2D eigenvalue weighted by Crippen LogP contribution is 2.28. The van der Waals surface area contributed by atoms with E-state index in [0.717, 1.165) is 28.8 Å². The average molecular weight is 409 g/mol. The van der Waals surface area contributed by atoms with Crippen LogP contribution in [0.1, 0.15) is 37.0 Å². The maximum atomic E-state index is 12.4. The Hall–Kier alpha value is -2.73. The Labute approximate surface area is 176 Å². The molecule has 1 heterocycles. The van der Waals surface area contributed by atoms with Crippen molar-refractivity contribution in [3.8, 4) is 0 Å². The monoisotopic (exact) mass is 408 g/mol. The molecule has 1 unspecified atom stereocenters. The van der Waals surface area contributed by atoms with Crippen LogP contribution in [0.15, 0.2) is 65.8 Å². The fourth-order valence-corrected chi connectivity index (χ4v) is 3.98. The highest BCUT2D eigenvalue weighted by molar-refractivity contribution is 7.99. The van der Waals surface area contributed by atoms with Crippen LogP contribution < -0.4 is 10.6 Å². The van der Waals surface area contributed by atoms with Crippen LogP contribution in [0, 0.1) is 6.92 Å². The molecule has 29 heavy (non-hydrogen) atoms. The molecule has 0 bridgehead atoms. The fourth-order valence-electron chi connectivity index (χ4n) is 2.96. The van der Waals surface area contributed by atoms with Crippen molar-refractivity contribution in [1.82, 2.24) is 15.1 Å². The first-order chi connectivity index (χ1) is 14.0. The molecule has 1 aromatic heterocycles. The molecule has 152 valence electrons. The predicted octanol–water partition coefficient (Wildman–Crippen LogP) is 5.45. The van der Waals surface area contributed by atoms with Crippen molar-refractivity contribution in [2.45, 2.75) is 50.4 Å². The smallest absolute Gasteiger partial charge is 0.319 e. The van der Waals surface area contributed by atoms with Crippen molar-refractivity contribution in [2.24, 2.45) is 0 Å². The Kier molecular flexibility index (Phi) is 7.36. The highest BCUT2D eigenvalue weighted by Gasteiger charge is 2.09. The van der Waals surface area contributed by atoms with E-state index >= 15 is 0 Å². The summed E-state index contributed by atoms with van der Waals surface area (Å²) in [4.78, 5) is 13.7. The molecule has 0 radical (unpaired) electrons. The quantitative estimate of drug-likeness (QED) is 0.487. The largest absolute Gasteiger partial charge is 0.334 e. The first kappa shape index (κ1) is 21.0. The summed E-state index contributed by atoms with van der Waals surface area (Å²) in [6, 6.07) is 16.0. The molecule has 2 N–H and O–H groups in total. The van der Waals surface area contributed by atoms with Crippen LogP contribution in [0.2, 0.25) is 0 Å². The lowest BCUT2D eigenvalue weighted by Gasteiger charge is -2.14. The minimum Gasteiger partial charge on any atom is -0.334 e. The molecule has 3 rings (SSSR count). The number of hydrogen-bond donors (Lipinski definition) is 2. The second kappa shape index (κ2) is 10.2. The maximum absolute atomic E-state index is 12.4. The Morgan fingerprint density at radius 3 is 2.66 bits per heavy atom. The number of thioether (sulfide) groups is 1. The van der Waals surface area contributed by atoms with Gasteiger partial charge in [0.1, 0.15) is 0 Å². The molecule has 0 aliphatic carbocycles. The zero-order valence-electron chi connectivity index (χ0n) is 17.2. The summed E-state index contributed by atoms with van der Waals surface area (Å²) in [5.41, 5.74) is 4.11. The van der Waals surface area contributed by atoms with E-state index in [2.05, 4.69) is 47.8 Å². The first-order valence-electron chi connectivity index (χ1n) is 9.91. The molecular weight excluding hydrogens is 380 g/mol. The summed E-state index contributed by atoms with van der Waals surface area (Å²) in [6.45, 7) is 7.59. The van der Waals surface area contributed by atoms with Gasteiger partial charge in [-0.25, -0.2) is 4.79 Å². The Bertz CT molecular complexity index is 940. The van der Waals surface area contributed by atoms with Gasteiger partial charge in [0, 0.05) is 34.8 Å². The van der Waals surface area contributed by atoms with Crippen molar-refractivity contribution in [3.05, 3.63) is 77.6 Å². The van der Waals surface area contributed by atoms with Gasteiger partial charge in [0.15, 0.2) is 0 Å². The molecule has 0 spiro atoms. The molecular formula is C23H28N4OS. The number of hydrogen-bond acceptors (Lipinski definition) is 3. The minimum absolute atomic E-state index is 0.204. The summed E-state index contributed by atoms with van der Waals surface area (Å²) in [5.74, 6) is 0. The third-order valence-corrected chi connectivity index (χ3v) is 6.07. The number of carbonyl (C=O) groups excluding carboxylic acids is 1. The number of nitrogens with zero attached hydrogens (tertiary/aromatic N) is 2. The predicted molar refractivity (Wildman–Crippen MR) is 120 cm³/mol. The van der Waals surface area contributed by atoms with Gasteiger partial charge in [0.25, 0.3) is 0 Å². The zero-order valence-corrected chi connectivity index (χ0v) is 18.0. The third-order valence-electron chi connectivity index (χ3n) is 4.81. The second-order valence-electron chi connectivity index (χ2n) is 7.09. The minimum atomic E-state index is -0.204. The van der Waals surface area contributed by atoms with Crippen molar-refractivity contribution >= 4 is 23.5 Å². The lowest BCUT2D eigenvalue weighted by molar-refractivity contribution is 0.251. The normalized spacial score (nSPS) is 11.8. The van der Waals surface area contributed by atoms with Gasteiger partial charge in [-0.05, 0) is 54.3 Å². The third kappa shape index (κ3) is 6.12. The zero-order chi connectivity index (χ0) is 20.6. The van der Waals surface area contributed by atoms with Crippen LogP contribution in [-0.2, 0) is 13.1 Å². The van der Waals surface area contributed by atoms with E-state index in [1.54, 1.807) is 6.20 Å². The van der Waals surface area contributed by atoms with Gasteiger partial charge in [-0.2, -0.15) is 5.10 Å². The first-order valence-corrected chi connectivity index (χ1v) is 10.8. The van der Waals surface area contributed by atoms with Gasteiger partial charge in [-0.1, -0.05) is 38.1 Å². The summed E-state index contributed by atoms with van der Waals surface area (Å²) in [5, 5.41) is 10.8. The van der Waals surface area contributed by atoms with E-state index in [9.17, 15) is 4.79 Å². The number of carbonyl (C=O) groups is 1. The molecule has 0 fully saturated rings. The maximum Gasteiger partial charge on any atom is 0.319 e. The molecule has 5 nitrogen and oxygen atoms in total. The number of aryl methyl sites for hydroxylation is 1. The topological polar surface area (TPSA) is 59.0 Å². The van der Waals surface area contributed by atoms with Gasteiger partial charge in [-0.15, -0.1) is 11.8 Å². The van der Waals surface area contributed by atoms with Crippen molar-refractivity contribution < 1.29 is 4.79 Å². The van der Waals surface area contributed by atoms with Crippen molar-refractivity contribution in [2.75, 3.05) is 5.32 Å². The summed E-state index contributed by atoms with van der Waals surface area (Å²) < 4.78 is 1.88. The van der Waals surface area contributed by atoms with Crippen LogP contribution in [0.25, 0.3) is 0 Å². The summed E-state index contributed by atoms with van der Waals surface area (Å²) in [7, 11) is 0. The Morgan fingerprint density at radius 1 is 1.17 bits per heavy atom. The molecule has 2 aromatic carbocycles. The average Bonchev–Trinajstić information content (AvgIpc) is 3.22. The van der Waals surface area contributed by atoms with Gasteiger partial charge in [-0.3, -0.25) is 4.68 Å². The highest BCUT2D eigenvalue weighted by atomic mass is 32.2. The number of anilines is 1. The van der Waals surface area contributed by atoms with Crippen LogP contribution in [0.3, 0.4) is 0 Å². The number of rotatable bonds is 8. The van der Waals surface area contributed by atoms with Crippen molar-refractivity contribution in [3.63, 3.8) is 0 Å². The number of benzene rings is 2. The summed E-state index contributed by atoms with van der Waals surface area (Å²) >= 11 is 1.86. The van der Waals surface area contributed by atoms with E-state index in [0.29, 0.717) is 18.3 Å². The molecule has 0 aliphatic rings. The van der Waals surface area contributed by atoms with Crippen molar-refractivity contribution in [1.29, 1.82) is 0 Å². The molecule has 6 heteroatoms. The Balaban J connectivity index is 1.58. The van der Waals surface area contributed by atoms with E-state index in [4.69, 9.17) is 0 Å². The number of aromatic nitrogens is 2. The van der Waals surface area contributed by atoms with Gasteiger partial charge >= 0.3 is 6.03 Å². The van der Waals surface area contributed by atoms with Crippen LogP contribution in [0.4, 0.5) is 10.5 Å². The lowest BCUT2D eigenvalue weighted by Crippen LogP contribution is -2.29. The number of nitrogens with one attached hydrogen (secondary N) is 2. The fraction of sp³-hybridized carbons (Fsp3) is 0.304. The number of amides is 2. The van der Waals surface area contributed by atoms with E-state index < -0.39 is 0 Å². The van der Waals surface area contributed by atoms with Gasteiger partial charge in [0.2, 0.25) is 0 Å². The van der Waals surface area contributed by atoms with Crippen LogP contribution in [0.5, 0.6) is 0 Å². The Morgan fingerprint density at radius 2 is 1.97 bits per heavy atom.